The van der Waals surface area contributed by atoms with Crippen LogP contribution in [0.25, 0.3) is 0 Å². The predicted octanol–water partition coefficient (Wildman–Crippen LogP) is 0.711. The Morgan fingerprint density at radius 2 is 1.62 bits per heavy atom. The van der Waals surface area contributed by atoms with Gasteiger partial charge in [0.05, 0.1) is 10.6 Å². The molecule has 1 heterocycles. The molecule has 0 amide bonds. The number of halogens is 1. The van der Waals surface area contributed by atoms with Crippen LogP contribution in [0.5, 0.6) is 0 Å². The molecule has 0 N–H and O–H groups in total. The minimum absolute atomic E-state index is 0.0834. The second kappa shape index (κ2) is 5.50. The first-order chi connectivity index (χ1) is 9.72. The molecule has 0 atom stereocenters. The number of hydrogen-bond donors (Lipinski definition) is 0. The highest BCUT2D eigenvalue weighted by molar-refractivity contribution is 7.90. The summed E-state index contributed by atoms with van der Waals surface area (Å²) in [6.07, 6.45) is 0. The first-order valence-electron chi connectivity index (χ1n) is 5.96. The van der Waals surface area contributed by atoms with Gasteiger partial charge in [-0.1, -0.05) is 11.6 Å². The summed E-state index contributed by atoms with van der Waals surface area (Å²) in [4.78, 5) is 23.5. The second-order valence-electron chi connectivity index (χ2n) is 4.59. The maximum absolute atomic E-state index is 12.3. The highest BCUT2D eigenvalue weighted by Crippen LogP contribution is 2.17. The second-order valence-corrected chi connectivity index (χ2v) is 7.01. The van der Waals surface area contributed by atoms with E-state index in [1.54, 1.807) is 0 Å². The van der Waals surface area contributed by atoms with Crippen LogP contribution in [-0.4, -0.2) is 17.6 Å². The quantitative estimate of drug-likeness (QED) is 0.831. The number of rotatable bonds is 3. The van der Waals surface area contributed by atoms with Crippen molar-refractivity contribution >= 4 is 21.4 Å². The van der Waals surface area contributed by atoms with Crippen molar-refractivity contribution in [3.05, 3.63) is 61.9 Å². The zero-order valence-electron chi connectivity index (χ0n) is 11.4. The molecule has 1 aromatic heterocycles. The third-order valence-corrected chi connectivity index (χ3v) is 5.05. The molecule has 0 saturated carbocycles. The third kappa shape index (κ3) is 3.08. The maximum Gasteiger partial charge on any atom is 0.330 e. The molecular formula is C13H13ClN2O4S. The molecule has 0 aliphatic heterocycles. The molecule has 2 rings (SSSR count). The summed E-state index contributed by atoms with van der Waals surface area (Å²) in [5.41, 5.74) is -0.971. The van der Waals surface area contributed by atoms with Gasteiger partial charge in [-0.15, -0.1) is 0 Å². The molecule has 112 valence electrons. The van der Waals surface area contributed by atoms with Gasteiger partial charge >= 0.3 is 5.69 Å². The fraction of sp³-hybridized carbons (Fsp3) is 0.231. The summed E-state index contributed by atoms with van der Waals surface area (Å²) < 4.78 is 26.7. The van der Waals surface area contributed by atoms with Crippen molar-refractivity contribution in [2.75, 3.05) is 0 Å². The van der Waals surface area contributed by atoms with Gasteiger partial charge in [0.1, 0.15) is 0 Å². The van der Waals surface area contributed by atoms with Gasteiger partial charge in [0.2, 0.25) is 0 Å². The smallest absolute Gasteiger partial charge is 0.300 e. The normalized spacial score (nSPS) is 11.6. The summed E-state index contributed by atoms with van der Waals surface area (Å²) in [5.74, 6) is -0.434. The summed E-state index contributed by atoms with van der Waals surface area (Å²) >= 11 is 5.72. The van der Waals surface area contributed by atoms with Crippen LogP contribution in [0.15, 0.2) is 44.8 Å². The molecule has 0 fully saturated rings. The molecule has 8 heteroatoms. The molecule has 0 saturated heterocycles. The van der Waals surface area contributed by atoms with E-state index in [0.717, 1.165) is 15.2 Å². The van der Waals surface area contributed by atoms with E-state index in [9.17, 15) is 18.0 Å². The van der Waals surface area contributed by atoms with Crippen molar-refractivity contribution < 1.29 is 8.42 Å². The molecule has 0 aliphatic rings. The highest BCUT2D eigenvalue weighted by atomic mass is 35.5. The van der Waals surface area contributed by atoms with Crippen molar-refractivity contribution in [1.29, 1.82) is 0 Å². The lowest BCUT2D eigenvalue weighted by atomic mass is 10.4. The average Bonchev–Trinajstić information content (AvgIpc) is 2.42. The van der Waals surface area contributed by atoms with E-state index >= 15 is 0 Å². The average molecular weight is 329 g/mol. The fourth-order valence-corrected chi connectivity index (χ4v) is 3.35. The van der Waals surface area contributed by atoms with Crippen LogP contribution in [0.2, 0.25) is 5.02 Å². The number of aromatic nitrogens is 2. The largest absolute Gasteiger partial charge is 0.330 e. The van der Waals surface area contributed by atoms with E-state index < -0.39 is 26.8 Å². The van der Waals surface area contributed by atoms with Crippen LogP contribution in [0.1, 0.15) is 5.69 Å². The minimum Gasteiger partial charge on any atom is -0.300 e. The van der Waals surface area contributed by atoms with E-state index in [2.05, 4.69) is 0 Å². The van der Waals surface area contributed by atoms with E-state index in [1.165, 1.54) is 38.4 Å². The molecule has 2 aromatic rings. The molecular weight excluding hydrogens is 316 g/mol. The summed E-state index contributed by atoms with van der Waals surface area (Å²) in [6, 6.07) is 6.86. The maximum atomic E-state index is 12.3. The van der Waals surface area contributed by atoms with Crippen molar-refractivity contribution in [3.63, 3.8) is 0 Å². The topological polar surface area (TPSA) is 78.1 Å². The third-order valence-electron chi connectivity index (χ3n) is 3.14. The number of nitrogens with zero attached hydrogens (tertiary/aromatic N) is 2. The zero-order valence-corrected chi connectivity index (χ0v) is 13.0. The van der Waals surface area contributed by atoms with Gasteiger partial charge in [-0.05, 0) is 24.3 Å². The van der Waals surface area contributed by atoms with Crippen LogP contribution in [0.4, 0.5) is 0 Å². The first kappa shape index (κ1) is 15.5. The minimum atomic E-state index is -3.67. The van der Waals surface area contributed by atoms with Crippen molar-refractivity contribution in [1.82, 2.24) is 9.13 Å². The first-order valence-corrected chi connectivity index (χ1v) is 7.99. The van der Waals surface area contributed by atoms with Gasteiger partial charge in [0, 0.05) is 30.9 Å². The van der Waals surface area contributed by atoms with E-state index in [-0.39, 0.29) is 10.6 Å². The molecule has 0 unspecified atom stereocenters. The molecule has 0 aliphatic carbocycles. The molecule has 0 bridgehead atoms. The highest BCUT2D eigenvalue weighted by Gasteiger charge is 2.18. The van der Waals surface area contributed by atoms with Crippen molar-refractivity contribution in [3.8, 4) is 0 Å². The van der Waals surface area contributed by atoms with E-state index in [4.69, 9.17) is 11.6 Å². The van der Waals surface area contributed by atoms with Crippen LogP contribution in [0.3, 0.4) is 0 Å². The Labute approximate surface area is 126 Å². The van der Waals surface area contributed by atoms with Crippen molar-refractivity contribution in [2.45, 2.75) is 10.6 Å². The van der Waals surface area contributed by atoms with Gasteiger partial charge in [0.25, 0.3) is 5.56 Å². The molecule has 21 heavy (non-hydrogen) atoms. The molecule has 6 nitrogen and oxygen atoms in total. The van der Waals surface area contributed by atoms with E-state index in [0.29, 0.717) is 5.02 Å². The number of hydrogen-bond acceptors (Lipinski definition) is 4. The molecule has 1 aromatic carbocycles. The van der Waals surface area contributed by atoms with Crippen LogP contribution in [0, 0.1) is 0 Å². The van der Waals surface area contributed by atoms with Gasteiger partial charge in [0.15, 0.2) is 9.84 Å². The van der Waals surface area contributed by atoms with Crippen molar-refractivity contribution in [2.24, 2.45) is 14.1 Å². The Morgan fingerprint density at radius 3 is 2.19 bits per heavy atom. The van der Waals surface area contributed by atoms with Crippen LogP contribution in [-0.2, 0) is 29.7 Å². The Kier molecular flexibility index (Phi) is 4.06. The number of sulfone groups is 1. The molecule has 0 radical (unpaired) electrons. The van der Waals surface area contributed by atoms with Crippen LogP contribution >= 0.6 is 11.6 Å². The Morgan fingerprint density at radius 1 is 1.05 bits per heavy atom. The van der Waals surface area contributed by atoms with Crippen LogP contribution < -0.4 is 11.2 Å². The van der Waals surface area contributed by atoms with Gasteiger partial charge in [-0.25, -0.2) is 13.2 Å². The monoisotopic (exact) mass is 328 g/mol. The Bertz CT molecular complexity index is 895. The standard InChI is InChI=1S/C13H13ClN2O4S/c1-15-10(7-12(17)16(2)13(15)18)8-21(19,20)11-5-3-9(14)4-6-11/h3-7H,8H2,1-2H3. The summed E-state index contributed by atoms with van der Waals surface area (Å²) in [7, 11) is -0.905. The lowest BCUT2D eigenvalue weighted by Crippen LogP contribution is -2.38. The Hall–Kier alpha value is -1.86. The lowest BCUT2D eigenvalue weighted by Gasteiger charge is -2.10. The van der Waals surface area contributed by atoms with Gasteiger partial charge < -0.3 is 0 Å². The zero-order chi connectivity index (χ0) is 15.8. The van der Waals surface area contributed by atoms with Gasteiger partial charge in [-0.3, -0.25) is 13.9 Å². The van der Waals surface area contributed by atoms with E-state index in [1.807, 2.05) is 0 Å². The number of benzene rings is 1. The molecule has 0 spiro atoms. The SMILES string of the molecule is Cn1c(CS(=O)(=O)c2ccc(Cl)cc2)cc(=O)n(C)c1=O. The predicted molar refractivity (Wildman–Crippen MR) is 79.3 cm³/mol. The fourth-order valence-electron chi connectivity index (χ4n) is 1.84. The lowest BCUT2D eigenvalue weighted by molar-refractivity contribution is 0.589. The summed E-state index contributed by atoms with van der Waals surface area (Å²) in [6.45, 7) is 0. The Balaban J connectivity index is 2.49. The summed E-state index contributed by atoms with van der Waals surface area (Å²) in [5, 5.41) is 0.426. The van der Waals surface area contributed by atoms with Gasteiger partial charge in [-0.2, -0.15) is 0 Å².